The van der Waals surface area contributed by atoms with Crippen LogP contribution in [0.1, 0.15) is 127 Å². The highest BCUT2D eigenvalue weighted by atomic mass is 79.9. The molecule has 0 N–H and O–H groups in total. The lowest BCUT2D eigenvalue weighted by atomic mass is 10.1. The minimum Gasteiger partial charge on any atom is -0.205 e. The van der Waals surface area contributed by atoms with Crippen molar-refractivity contribution in [3.05, 3.63) is 160 Å². The van der Waals surface area contributed by atoms with E-state index in [0.29, 0.717) is 0 Å². The molecule has 3 aromatic heterocycles. The average molecular weight is 1070 g/mol. The molecule has 5 rings (SSSR count). The van der Waals surface area contributed by atoms with Gasteiger partial charge in [0, 0.05) is 142 Å². The largest absolute Gasteiger partial charge is 0.205 e. The van der Waals surface area contributed by atoms with Crippen LogP contribution in [0.5, 0.6) is 0 Å². The van der Waals surface area contributed by atoms with Gasteiger partial charge in [-0.1, -0.05) is 119 Å². The van der Waals surface area contributed by atoms with E-state index in [1.165, 1.54) is 16.7 Å². The molecule has 0 bridgehead atoms. The van der Waals surface area contributed by atoms with Crippen molar-refractivity contribution in [2.75, 3.05) is 16.0 Å². The zero-order valence-electron chi connectivity index (χ0n) is 39.1. The van der Waals surface area contributed by atoms with Crippen molar-refractivity contribution in [3.63, 3.8) is 0 Å². The first-order chi connectivity index (χ1) is 32.3. The number of halogens is 3. The molecule has 0 unspecified atom stereocenters. The second kappa shape index (κ2) is 33.2. The van der Waals surface area contributed by atoms with Crippen molar-refractivity contribution >= 4 is 47.8 Å². The number of rotatable bonds is 15. The van der Waals surface area contributed by atoms with Gasteiger partial charge in [0.25, 0.3) is 0 Å². The molecule has 6 heteroatoms. The normalized spacial score (nSPS) is 9.73. The van der Waals surface area contributed by atoms with Crippen molar-refractivity contribution in [2.45, 2.75) is 117 Å². The van der Waals surface area contributed by atoms with Crippen molar-refractivity contribution in [3.8, 4) is 71.0 Å². The molecule has 5 aromatic rings. The van der Waals surface area contributed by atoms with Crippen molar-refractivity contribution in [1.29, 1.82) is 0 Å². The summed E-state index contributed by atoms with van der Waals surface area (Å²) in [6, 6.07) is 25.1. The molecule has 336 valence electrons. The molecule has 0 radical (unpaired) electrons. The molecule has 0 aliphatic heterocycles. The zero-order chi connectivity index (χ0) is 46.9. The summed E-state index contributed by atoms with van der Waals surface area (Å²) in [5, 5.41) is 2.97. The Balaban J connectivity index is 0.000000338. The predicted molar refractivity (Wildman–Crippen MR) is 285 cm³/mol. The lowest BCUT2D eigenvalue weighted by molar-refractivity contribution is -0.697. The summed E-state index contributed by atoms with van der Waals surface area (Å²) in [6.07, 6.45) is 24.4. The van der Waals surface area contributed by atoms with Crippen LogP contribution in [0.3, 0.4) is 0 Å². The first-order valence-electron chi connectivity index (χ1n) is 23.1. The molecular formula is C60H63Br3N3+3. The number of hydrogen-bond acceptors (Lipinski definition) is 0. The standard InChI is InChI=1S/C39H42N3.C21H21Br3/c1-34-16-13-25-40(31-34)22-10-4-7-19-37-28-38(20-8-5-11-23-41-26-14-17-35(2)32-41)30-39(29-37)21-9-6-12-24-42-27-15-18-36(3)33-42;22-13-7-1-4-10-19-16-20(11-5-2-8-14-23)18-21(17-19)12-6-3-9-15-24/h13-18,25-33H,4-6,10-12,22-24H2,1-3H3;16-18H,1-3,7-9,13-15H2/q+3;. The van der Waals surface area contributed by atoms with E-state index < -0.39 is 0 Å². The first kappa shape index (κ1) is 53.3. The smallest absolute Gasteiger partial charge is 0.171 e. The minimum absolute atomic E-state index is 0.852. The summed E-state index contributed by atoms with van der Waals surface area (Å²) in [5.41, 5.74) is 9.79. The number of unbranched alkanes of at least 4 members (excludes halogenated alkanes) is 6. The molecule has 0 spiro atoms. The Hall–Kier alpha value is -5.31. The Kier molecular flexibility index (Phi) is 26.8. The number of hydrogen-bond donors (Lipinski definition) is 0. The minimum atomic E-state index is 0.852. The van der Waals surface area contributed by atoms with Crippen LogP contribution in [0, 0.1) is 91.8 Å². The van der Waals surface area contributed by atoms with Gasteiger partial charge in [-0.15, -0.1) is 0 Å². The van der Waals surface area contributed by atoms with Gasteiger partial charge in [0.05, 0.1) is 0 Å². The van der Waals surface area contributed by atoms with Crippen LogP contribution in [0.15, 0.2) is 110 Å². The maximum atomic E-state index is 3.43. The molecule has 66 heavy (non-hydrogen) atoms. The summed E-state index contributed by atoms with van der Waals surface area (Å²) in [7, 11) is 0. The van der Waals surface area contributed by atoms with Gasteiger partial charge in [0.2, 0.25) is 0 Å². The van der Waals surface area contributed by atoms with Gasteiger partial charge in [-0.25, -0.2) is 13.7 Å². The fourth-order valence-corrected chi connectivity index (χ4v) is 7.41. The Labute approximate surface area is 423 Å². The fraction of sp³-hybridized carbons (Fsp3) is 0.350. The maximum absolute atomic E-state index is 3.43. The highest BCUT2D eigenvalue weighted by Crippen LogP contribution is 2.11. The Morgan fingerprint density at radius 2 is 0.576 bits per heavy atom. The van der Waals surface area contributed by atoms with Gasteiger partial charge in [-0.3, -0.25) is 0 Å². The van der Waals surface area contributed by atoms with E-state index >= 15 is 0 Å². The molecule has 0 saturated heterocycles. The SMILES string of the molecule is BrCCCC#Cc1cc(C#CCCCBr)cc(C#CCCCBr)c1.Cc1ccc[n+](CCCC#Cc2cc(C#CCCC[n+]3cccc(C)c3)cc(C#CCCC[n+]3cccc(C)c3)c2)c1. The summed E-state index contributed by atoms with van der Waals surface area (Å²) >= 11 is 10.3. The second-order valence-corrected chi connectivity index (χ2v) is 18.3. The van der Waals surface area contributed by atoms with Crippen LogP contribution in [-0.2, 0) is 19.6 Å². The molecule has 0 fully saturated rings. The van der Waals surface area contributed by atoms with Crippen molar-refractivity contribution < 1.29 is 13.7 Å². The summed E-state index contributed by atoms with van der Waals surface area (Å²) < 4.78 is 6.70. The lowest BCUT2D eigenvalue weighted by Crippen LogP contribution is -2.32. The van der Waals surface area contributed by atoms with Crippen LogP contribution in [0.25, 0.3) is 0 Å². The number of aromatic nitrogens is 3. The third-order valence-corrected chi connectivity index (χ3v) is 11.4. The highest BCUT2D eigenvalue weighted by molar-refractivity contribution is 9.09. The van der Waals surface area contributed by atoms with Gasteiger partial charge < -0.3 is 0 Å². The predicted octanol–water partition coefficient (Wildman–Crippen LogP) is 12.2. The molecule has 0 aliphatic carbocycles. The van der Waals surface area contributed by atoms with Crippen LogP contribution in [0.4, 0.5) is 0 Å². The number of pyridine rings is 3. The van der Waals surface area contributed by atoms with Gasteiger partial charge in [-0.2, -0.15) is 0 Å². The van der Waals surface area contributed by atoms with Crippen LogP contribution < -0.4 is 13.7 Å². The third kappa shape index (κ3) is 23.7. The van der Waals surface area contributed by atoms with Gasteiger partial charge in [0.15, 0.2) is 37.2 Å². The lowest BCUT2D eigenvalue weighted by Gasteiger charge is -1.98. The van der Waals surface area contributed by atoms with E-state index in [2.05, 4.69) is 263 Å². The molecular weight excluding hydrogens is 1000 g/mol. The number of alkyl halides is 3. The Morgan fingerprint density at radius 1 is 0.348 bits per heavy atom. The molecule has 3 nitrogen and oxygen atoms in total. The van der Waals surface area contributed by atoms with Crippen LogP contribution in [0.2, 0.25) is 0 Å². The van der Waals surface area contributed by atoms with Gasteiger partial charge >= 0.3 is 0 Å². The van der Waals surface area contributed by atoms with E-state index in [-0.39, 0.29) is 0 Å². The third-order valence-electron chi connectivity index (χ3n) is 9.74. The van der Waals surface area contributed by atoms with Gasteiger partial charge in [-0.05, 0) is 94.6 Å². The van der Waals surface area contributed by atoms with E-state index in [4.69, 9.17) is 0 Å². The topological polar surface area (TPSA) is 11.6 Å². The van der Waals surface area contributed by atoms with Crippen molar-refractivity contribution in [1.82, 2.24) is 0 Å². The summed E-state index contributed by atoms with van der Waals surface area (Å²) in [6.45, 7) is 9.29. The first-order valence-corrected chi connectivity index (χ1v) is 26.5. The number of benzene rings is 2. The van der Waals surface area contributed by atoms with Crippen LogP contribution >= 0.6 is 47.8 Å². The highest BCUT2D eigenvalue weighted by Gasteiger charge is 2.03. The Morgan fingerprint density at radius 3 is 0.788 bits per heavy atom. The van der Waals surface area contributed by atoms with E-state index in [1.807, 2.05) is 0 Å². The average Bonchev–Trinajstić information content (AvgIpc) is 3.31. The number of aryl methyl sites for hydroxylation is 6. The summed E-state index contributed by atoms with van der Waals surface area (Å²) in [4.78, 5) is 0. The maximum Gasteiger partial charge on any atom is 0.171 e. The van der Waals surface area contributed by atoms with E-state index in [0.717, 1.165) is 146 Å². The molecule has 0 saturated carbocycles. The monoisotopic (exact) mass is 1060 g/mol. The molecule has 3 heterocycles. The zero-order valence-corrected chi connectivity index (χ0v) is 43.9. The molecule has 0 amide bonds. The molecule has 2 aromatic carbocycles. The van der Waals surface area contributed by atoms with Crippen LogP contribution in [-0.4, -0.2) is 16.0 Å². The Bertz CT molecular complexity index is 2360. The van der Waals surface area contributed by atoms with Gasteiger partial charge in [0.1, 0.15) is 19.6 Å². The fourth-order valence-electron chi connectivity index (χ4n) is 6.57. The quantitative estimate of drug-likeness (QED) is 0.0429. The molecule has 0 aliphatic rings. The van der Waals surface area contributed by atoms with E-state index in [9.17, 15) is 0 Å². The number of nitrogens with zero attached hydrogens (tertiary/aromatic N) is 3. The van der Waals surface area contributed by atoms with Crippen molar-refractivity contribution in [2.24, 2.45) is 0 Å². The summed E-state index contributed by atoms with van der Waals surface area (Å²) in [5.74, 6) is 39.6. The van der Waals surface area contributed by atoms with E-state index in [1.54, 1.807) is 0 Å². The molecule has 0 atom stereocenters. The second-order valence-electron chi connectivity index (χ2n) is 16.0.